The van der Waals surface area contributed by atoms with Gasteiger partial charge < -0.3 is 14.7 Å². The van der Waals surface area contributed by atoms with Gasteiger partial charge in [0.15, 0.2) is 0 Å². The summed E-state index contributed by atoms with van der Waals surface area (Å²) < 4.78 is 0. The number of hydrazine groups is 1. The van der Waals surface area contributed by atoms with E-state index in [-0.39, 0.29) is 5.72 Å². The highest BCUT2D eigenvalue weighted by Gasteiger charge is 2.34. The van der Waals surface area contributed by atoms with Crippen molar-refractivity contribution in [3.63, 3.8) is 0 Å². The van der Waals surface area contributed by atoms with E-state index < -0.39 is 0 Å². The maximum atomic E-state index is 5.43. The molecule has 114 valence electrons. The number of rotatable bonds is 7. The molecule has 2 rings (SSSR count). The molecule has 5 heteroatoms. The van der Waals surface area contributed by atoms with Crippen molar-refractivity contribution in [1.82, 2.24) is 14.9 Å². The van der Waals surface area contributed by atoms with Gasteiger partial charge in [-0.25, -0.2) is 5.01 Å². The van der Waals surface area contributed by atoms with Crippen LogP contribution in [0.4, 0.5) is 0 Å². The minimum absolute atomic E-state index is 0.286. The highest BCUT2D eigenvalue weighted by Crippen LogP contribution is 2.24. The van der Waals surface area contributed by atoms with Gasteiger partial charge in [0.1, 0.15) is 5.84 Å². The average molecular weight is 280 g/mol. The standard InChI is InChI=1S/C15H28N4O/c1-5-9-17-11-8-12-18(17)10-6-7-13-19-14(2)16-20-15(19,3)4/h8,12H,5-7,9-11,13H2,1-4H3. The summed E-state index contributed by atoms with van der Waals surface area (Å²) in [5, 5.41) is 8.85. The molecule has 0 saturated carbocycles. The fourth-order valence-corrected chi connectivity index (χ4v) is 2.82. The van der Waals surface area contributed by atoms with Crippen molar-refractivity contribution in [3.8, 4) is 0 Å². The summed E-state index contributed by atoms with van der Waals surface area (Å²) in [5.74, 6) is 0.990. The first kappa shape index (κ1) is 15.2. The van der Waals surface area contributed by atoms with Gasteiger partial charge >= 0.3 is 0 Å². The lowest BCUT2D eigenvalue weighted by Crippen LogP contribution is -2.43. The van der Waals surface area contributed by atoms with Crippen molar-refractivity contribution in [2.45, 2.75) is 52.7 Å². The Morgan fingerprint density at radius 3 is 2.65 bits per heavy atom. The van der Waals surface area contributed by atoms with Crippen LogP contribution in [-0.2, 0) is 4.84 Å². The number of amidine groups is 1. The first-order valence-corrected chi connectivity index (χ1v) is 7.73. The van der Waals surface area contributed by atoms with E-state index in [0.717, 1.165) is 38.4 Å². The lowest BCUT2D eigenvalue weighted by Gasteiger charge is -2.31. The van der Waals surface area contributed by atoms with E-state index in [1.54, 1.807) is 0 Å². The number of oxime groups is 1. The largest absolute Gasteiger partial charge is 0.366 e. The van der Waals surface area contributed by atoms with Crippen molar-refractivity contribution in [2.24, 2.45) is 5.16 Å². The van der Waals surface area contributed by atoms with E-state index in [0.29, 0.717) is 0 Å². The highest BCUT2D eigenvalue weighted by atomic mass is 16.7. The summed E-state index contributed by atoms with van der Waals surface area (Å²) in [7, 11) is 0. The van der Waals surface area contributed by atoms with E-state index in [9.17, 15) is 0 Å². The van der Waals surface area contributed by atoms with E-state index in [2.05, 4.69) is 53.1 Å². The van der Waals surface area contributed by atoms with Crippen LogP contribution in [0.1, 0.15) is 47.0 Å². The van der Waals surface area contributed by atoms with Crippen molar-refractivity contribution in [1.29, 1.82) is 0 Å². The van der Waals surface area contributed by atoms with Crippen LogP contribution < -0.4 is 0 Å². The van der Waals surface area contributed by atoms with Gasteiger partial charge in [-0.05, 0) is 40.0 Å². The Morgan fingerprint density at radius 2 is 2.00 bits per heavy atom. The van der Waals surface area contributed by atoms with Crippen molar-refractivity contribution >= 4 is 5.84 Å². The monoisotopic (exact) mass is 280 g/mol. The Bertz CT molecular complexity index is 378. The lowest BCUT2D eigenvalue weighted by molar-refractivity contribution is -0.0691. The summed E-state index contributed by atoms with van der Waals surface area (Å²) >= 11 is 0. The fourth-order valence-electron chi connectivity index (χ4n) is 2.82. The highest BCUT2D eigenvalue weighted by molar-refractivity contribution is 5.80. The van der Waals surface area contributed by atoms with Crippen LogP contribution in [0, 0.1) is 0 Å². The molecule has 2 aliphatic rings. The molecule has 0 atom stereocenters. The average Bonchev–Trinajstić information content (AvgIpc) is 2.93. The van der Waals surface area contributed by atoms with E-state index in [1.807, 2.05) is 6.92 Å². The third-order valence-electron chi connectivity index (χ3n) is 3.90. The van der Waals surface area contributed by atoms with Gasteiger partial charge in [0.05, 0.1) is 0 Å². The maximum Gasteiger partial charge on any atom is 0.205 e. The molecule has 0 unspecified atom stereocenters. The first-order valence-electron chi connectivity index (χ1n) is 7.73. The zero-order valence-electron chi connectivity index (χ0n) is 13.3. The Balaban J connectivity index is 1.69. The minimum atomic E-state index is -0.286. The summed E-state index contributed by atoms with van der Waals surface area (Å²) in [6.45, 7) is 12.7. The van der Waals surface area contributed by atoms with E-state index in [4.69, 9.17) is 4.84 Å². The molecular formula is C15H28N4O. The van der Waals surface area contributed by atoms with Gasteiger partial charge in [0, 0.05) is 32.4 Å². The lowest BCUT2D eigenvalue weighted by atomic mass is 10.2. The molecule has 0 fully saturated rings. The van der Waals surface area contributed by atoms with Gasteiger partial charge in [-0.15, -0.1) is 0 Å². The molecule has 2 heterocycles. The van der Waals surface area contributed by atoms with Crippen LogP contribution in [0.25, 0.3) is 0 Å². The van der Waals surface area contributed by atoms with Gasteiger partial charge in [-0.2, -0.15) is 0 Å². The summed E-state index contributed by atoms with van der Waals surface area (Å²) in [6.07, 6.45) is 8.00. The predicted molar refractivity (Wildman–Crippen MR) is 81.9 cm³/mol. The number of nitrogens with zero attached hydrogens (tertiary/aromatic N) is 4. The number of hydrogen-bond acceptors (Lipinski definition) is 5. The van der Waals surface area contributed by atoms with Crippen molar-refractivity contribution in [3.05, 3.63) is 12.3 Å². The molecule has 20 heavy (non-hydrogen) atoms. The minimum Gasteiger partial charge on any atom is -0.366 e. The fraction of sp³-hybridized carbons (Fsp3) is 0.800. The summed E-state index contributed by atoms with van der Waals surface area (Å²) in [4.78, 5) is 7.68. The van der Waals surface area contributed by atoms with Crippen molar-refractivity contribution in [2.75, 3.05) is 26.2 Å². The molecule has 0 amide bonds. The van der Waals surface area contributed by atoms with Gasteiger partial charge in [0.25, 0.3) is 0 Å². The smallest absolute Gasteiger partial charge is 0.205 e. The van der Waals surface area contributed by atoms with Gasteiger partial charge in [0.2, 0.25) is 5.72 Å². The zero-order valence-corrected chi connectivity index (χ0v) is 13.3. The molecule has 0 bridgehead atoms. The molecule has 2 aliphatic heterocycles. The molecule has 0 N–H and O–H groups in total. The van der Waals surface area contributed by atoms with Crippen molar-refractivity contribution < 1.29 is 4.84 Å². The quantitative estimate of drug-likeness (QED) is 0.671. The Morgan fingerprint density at radius 1 is 1.25 bits per heavy atom. The molecule has 0 aromatic carbocycles. The third-order valence-corrected chi connectivity index (χ3v) is 3.90. The van der Waals surface area contributed by atoms with Gasteiger partial charge in [-0.1, -0.05) is 18.2 Å². The Hall–Kier alpha value is -1.23. The first-order chi connectivity index (χ1) is 9.54. The number of unbranched alkanes of at least 4 members (excludes halogenated alkanes) is 1. The molecule has 0 saturated heterocycles. The molecule has 0 spiro atoms. The zero-order chi connectivity index (χ0) is 14.6. The predicted octanol–water partition coefficient (Wildman–Crippen LogP) is 2.62. The second-order valence-electron chi connectivity index (χ2n) is 6.00. The van der Waals surface area contributed by atoms with Crippen LogP contribution in [0.3, 0.4) is 0 Å². The Labute approximate surface area is 122 Å². The van der Waals surface area contributed by atoms with Crippen LogP contribution in [0.5, 0.6) is 0 Å². The SMILES string of the molecule is CCCN1CC=CN1CCCCN1C(C)=NOC1(C)C. The number of hydrogen-bond donors (Lipinski definition) is 0. The molecular weight excluding hydrogens is 252 g/mol. The molecule has 0 aromatic heterocycles. The summed E-state index contributed by atoms with van der Waals surface area (Å²) in [5.41, 5.74) is -0.286. The topological polar surface area (TPSA) is 31.3 Å². The second kappa shape index (κ2) is 6.48. The van der Waals surface area contributed by atoms with Crippen LogP contribution >= 0.6 is 0 Å². The maximum absolute atomic E-state index is 5.43. The molecule has 5 nitrogen and oxygen atoms in total. The third kappa shape index (κ3) is 3.45. The van der Waals surface area contributed by atoms with Crippen LogP contribution in [0.15, 0.2) is 17.4 Å². The Kier molecular flexibility index (Phi) is 4.91. The second-order valence-corrected chi connectivity index (χ2v) is 6.00. The normalized spacial score (nSPS) is 21.5. The molecule has 0 aliphatic carbocycles. The van der Waals surface area contributed by atoms with Crippen LogP contribution in [0.2, 0.25) is 0 Å². The van der Waals surface area contributed by atoms with Gasteiger partial charge in [-0.3, -0.25) is 0 Å². The van der Waals surface area contributed by atoms with Crippen LogP contribution in [-0.4, -0.2) is 52.7 Å². The van der Waals surface area contributed by atoms with E-state index in [1.165, 1.54) is 12.8 Å². The van der Waals surface area contributed by atoms with E-state index >= 15 is 0 Å². The molecule has 0 radical (unpaired) electrons. The summed E-state index contributed by atoms with van der Waals surface area (Å²) in [6, 6.07) is 0. The molecule has 0 aromatic rings.